The first-order chi connectivity index (χ1) is 14.1. The fraction of sp³-hybridized carbons (Fsp3) is 0.316. The molecule has 0 bridgehead atoms. The zero-order valence-electron chi connectivity index (χ0n) is 16.2. The second-order valence-corrected chi connectivity index (χ2v) is 10.2. The van der Waals surface area contributed by atoms with Crippen LogP contribution in [0.4, 0.5) is 5.69 Å². The molecule has 1 aliphatic heterocycles. The van der Waals surface area contributed by atoms with Gasteiger partial charge in [-0.25, -0.2) is 21.6 Å². The van der Waals surface area contributed by atoms with Crippen LogP contribution in [0.2, 0.25) is 0 Å². The van der Waals surface area contributed by atoms with Crippen LogP contribution in [0.15, 0.2) is 52.3 Å². The van der Waals surface area contributed by atoms with Crippen molar-refractivity contribution in [3.8, 4) is 5.75 Å². The number of nitrogens with one attached hydrogen (secondary N) is 1. The number of nitrogens with zero attached hydrogens (tertiary/aromatic N) is 1. The summed E-state index contributed by atoms with van der Waals surface area (Å²) in [6.07, 6.45) is 1.53. The van der Waals surface area contributed by atoms with Crippen molar-refractivity contribution >= 4 is 31.7 Å². The first kappa shape index (κ1) is 22.1. The fourth-order valence-electron chi connectivity index (χ4n) is 3.11. The molecule has 2 aromatic carbocycles. The predicted octanol–water partition coefficient (Wildman–Crippen LogP) is 2.37. The first-order valence-corrected chi connectivity index (χ1v) is 12.2. The third-order valence-electron chi connectivity index (χ3n) is 4.59. The van der Waals surface area contributed by atoms with Gasteiger partial charge in [-0.2, -0.15) is 4.31 Å². The van der Waals surface area contributed by atoms with E-state index in [1.54, 1.807) is 6.92 Å². The number of carbonyl (C=O) groups is 1. The highest BCUT2D eigenvalue weighted by atomic mass is 32.2. The normalized spacial score (nSPS) is 15.1. The van der Waals surface area contributed by atoms with Crippen LogP contribution in [-0.4, -0.2) is 51.9 Å². The molecule has 11 heteroatoms. The molecule has 30 heavy (non-hydrogen) atoms. The smallest absolute Gasteiger partial charge is 0.335 e. The summed E-state index contributed by atoms with van der Waals surface area (Å²) in [6, 6.07) is 8.76. The lowest BCUT2D eigenvalue weighted by Gasteiger charge is -2.19. The van der Waals surface area contributed by atoms with Crippen molar-refractivity contribution in [1.82, 2.24) is 4.31 Å². The topological polar surface area (TPSA) is 130 Å². The summed E-state index contributed by atoms with van der Waals surface area (Å²) >= 11 is 0. The van der Waals surface area contributed by atoms with Crippen LogP contribution in [-0.2, 0) is 20.0 Å². The van der Waals surface area contributed by atoms with E-state index >= 15 is 0 Å². The van der Waals surface area contributed by atoms with E-state index in [0.29, 0.717) is 13.1 Å². The number of anilines is 1. The maximum atomic E-state index is 13.0. The summed E-state index contributed by atoms with van der Waals surface area (Å²) in [6.45, 7) is 2.78. The molecule has 0 aliphatic carbocycles. The molecule has 162 valence electrons. The molecular weight excluding hydrogens is 432 g/mol. The molecule has 0 saturated carbocycles. The van der Waals surface area contributed by atoms with Crippen LogP contribution >= 0.6 is 0 Å². The van der Waals surface area contributed by atoms with Crippen molar-refractivity contribution in [1.29, 1.82) is 0 Å². The lowest BCUT2D eigenvalue weighted by molar-refractivity contribution is 0.0696. The molecule has 3 rings (SSSR count). The molecule has 1 fully saturated rings. The fourth-order valence-corrected chi connectivity index (χ4v) is 5.83. The van der Waals surface area contributed by atoms with Gasteiger partial charge >= 0.3 is 5.97 Å². The Kier molecular flexibility index (Phi) is 6.34. The SMILES string of the molecule is CCOc1ccc(NS(=O)(=O)c2ccc(C(=O)O)cc2)cc1S(=O)(=O)N1CCCC1. The summed E-state index contributed by atoms with van der Waals surface area (Å²) in [5.74, 6) is -1.02. The molecule has 9 nitrogen and oxygen atoms in total. The van der Waals surface area contributed by atoms with Crippen LogP contribution in [0.25, 0.3) is 0 Å². The molecule has 0 spiro atoms. The van der Waals surface area contributed by atoms with E-state index in [2.05, 4.69) is 4.72 Å². The van der Waals surface area contributed by atoms with E-state index in [0.717, 1.165) is 12.8 Å². The Morgan fingerprint density at radius 3 is 2.27 bits per heavy atom. The van der Waals surface area contributed by atoms with Gasteiger partial charge in [-0.05, 0) is 62.2 Å². The van der Waals surface area contributed by atoms with Crippen molar-refractivity contribution in [2.45, 2.75) is 29.6 Å². The number of hydrogen-bond acceptors (Lipinski definition) is 6. The van der Waals surface area contributed by atoms with Gasteiger partial charge in [0.25, 0.3) is 10.0 Å². The monoisotopic (exact) mass is 454 g/mol. The van der Waals surface area contributed by atoms with Gasteiger partial charge in [0, 0.05) is 13.1 Å². The average Bonchev–Trinajstić information content (AvgIpc) is 3.25. The molecule has 0 aromatic heterocycles. The van der Waals surface area contributed by atoms with Gasteiger partial charge in [-0.3, -0.25) is 4.72 Å². The van der Waals surface area contributed by atoms with Gasteiger partial charge in [0.1, 0.15) is 10.6 Å². The molecule has 0 amide bonds. The van der Waals surface area contributed by atoms with Gasteiger partial charge < -0.3 is 9.84 Å². The third-order valence-corrected chi connectivity index (χ3v) is 7.91. The maximum Gasteiger partial charge on any atom is 0.335 e. The van der Waals surface area contributed by atoms with Crippen molar-refractivity contribution in [2.24, 2.45) is 0 Å². The highest BCUT2D eigenvalue weighted by molar-refractivity contribution is 7.92. The molecule has 1 saturated heterocycles. The summed E-state index contributed by atoms with van der Waals surface area (Å²) in [7, 11) is -7.90. The van der Waals surface area contributed by atoms with Crippen LogP contribution < -0.4 is 9.46 Å². The second-order valence-electron chi connectivity index (χ2n) is 6.64. The first-order valence-electron chi connectivity index (χ1n) is 9.28. The summed E-state index contributed by atoms with van der Waals surface area (Å²) < 4.78 is 60.5. The molecule has 1 aliphatic rings. The van der Waals surface area contributed by atoms with Gasteiger partial charge in [0.05, 0.1) is 22.8 Å². The number of benzene rings is 2. The zero-order chi connectivity index (χ0) is 21.9. The number of carboxylic acids is 1. The highest BCUT2D eigenvalue weighted by Gasteiger charge is 2.30. The number of aromatic carboxylic acids is 1. The van der Waals surface area contributed by atoms with Crippen molar-refractivity contribution < 1.29 is 31.5 Å². The van der Waals surface area contributed by atoms with E-state index < -0.39 is 26.0 Å². The Hall–Kier alpha value is -2.63. The molecule has 2 aromatic rings. The average molecular weight is 455 g/mol. The summed E-state index contributed by atoms with van der Waals surface area (Å²) in [5, 5.41) is 8.94. The van der Waals surface area contributed by atoms with E-state index in [4.69, 9.17) is 9.84 Å². The van der Waals surface area contributed by atoms with E-state index in [1.165, 1.54) is 46.8 Å². The van der Waals surface area contributed by atoms with Crippen LogP contribution in [0.1, 0.15) is 30.1 Å². The quantitative estimate of drug-likeness (QED) is 0.626. The highest BCUT2D eigenvalue weighted by Crippen LogP contribution is 2.32. The van der Waals surface area contributed by atoms with E-state index in [9.17, 15) is 21.6 Å². The minimum atomic E-state index is -4.05. The van der Waals surface area contributed by atoms with Gasteiger partial charge in [0.15, 0.2) is 0 Å². The maximum absolute atomic E-state index is 13.0. The van der Waals surface area contributed by atoms with Gasteiger partial charge in [0.2, 0.25) is 10.0 Å². The van der Waals surface area contributed by atoms with Crippen LogP contribution in [0.3, 0.4) is 0 Å². The molecule has 0 atom stereocenters. The van der Waals surface area contributed by atoms with Gasteiger partial charge in [-0.15, -0.1) is 0 Å². The lowest BCUT2D eigenvalue weighted by atomic mass is 10.2. The number of carboxylic acid groups (broad SMARTS) is 1. The standard InChI is InChI=1S/C19H22N2O7S2/c1-2-28-17-10-7-15(13-18(17)30(26,27)21-11-3-4-12-21)20-29(24,25)16-8-5-14(6-9-16)19(22)23/h5-10,13,20H,2-4,11-12H2,1H3,(H,22,23). The summed E-state index contributed by atoms with van der Waals surface area (Å²) in [4.78, 5) is 10.7. The van der Waals surface area contributed by atoms with E-state index in [1.807, 2.05) is 0 Å². The Bertz CT molecular complexity index is 1140. The lowest BCUT2D eigenvalue weighted by Crippen LogP contribution is -2.28. The number of hydrogen-bond donors (Lipinski definition) is 2. The van der Waals surface area contributed by atoms with E-state index in [-0.39, 0.29) is 33.4 Å². The minimum absolute atomic E-state index is 0.0472. The Morgan fingerprint density at radius 2 is 1.70 bits per heavy atom. The van der Waals surface area contributed by atoms with Crippen LogP contribution in [0, 0.1) is 0 Å². The number of rotatable bonds is 8. The Labute approximate surface area is 175 Å². The molecule has 0 radical (unpaired) electrons. The summed E-state index contributed by atoms with van der Waals surface area (Å²) in [5.41, 5.74) is 0.00699. The van der Waals surface area contributed by atoms with Crippen molar-refractivity contribution in [3.05, 3.63) is 48.0 Å². The second kappa shape index (κ2) is 8.62. The van der Waals surface area contributed by atoms with Crippen LogP contribution in [0.5, 0.6) is 5.75 Å². The Balaban J connectivity index is 1.95. The third kappa shape index (κ3) is 4.58. The number of ether oxygens (including phenoxy) is 1. The van der Waals surface area contributed by atoms with Crippen molar-refractivity contribution in [2.75, 3.05) is 24.4 Å². The number of sulfonamides is 2. The zero-order valence-corrected chi connectivity index (χ0v) is 17.9. The molecular formula is C19H22N2O7S2. The minimum Gasteiger partial charge on any atom is -0.492 e. The molecule has 0 unspecified atom stereocenters. The molecule has 1 heterocycles. The molecule has 2 N–H and O–H groups in total. The van der Waals surface area contributed by atoms with Gasteiger partial charge in [-0.1, -0.05) is 0 Å². The predicted molar refractivity (Wildman–Crippen MR) is 110 cm³/mol. The Morgan fingerprint density at radius 1 is 1.07 bits per heavy atom. The largest absolute Gasteiger partial charge is 0.492 e. The van der Waals surface area contributed by atoms with Crippen molar-refractivity contribution in [3.63, 3.8) is 0 Å².